The molecule has 3 aromatic rings. The van der Waals surface area contributed by atoms with Gasteiger partial charge in [-0.2, -0.15) is 0 Å². The summed E-state index contributed by atoms with van der Waals surface area (Å²) in [6.45, 7) is 0.455. The van der Waals surface area contributed by atoms with Crippen molar-refractivity contribution in [1.29, 1.82) is 0 Å². The quantitative estimate of drug-likeness (QED) is 0.631. The zero-order valence-electron chi connectivity index (χ0n) is 12.8. The first kappa shape index (κ1) is 16.4. The summed E-state index contributed by atoms with van der Waals surface area (Å²) in [5.74, 6) is -0.352. The molecule has 122 valence electrons. The van der Waals surface area contributed by atoms with Crippen LogP contribution in [0, 0.1) is 0 Å². The van der Waals surface area contributed by atoms with Gasteiger partial charge in [-0.1, -0.05) is 40.2 Å². The Morgan fingerprint density at radius 2 is 2.00 bits per heavy atom. The van der Waals surface area contributed by atoms with Crippen LogP contribution in [0.2, 0.25) is 0 Å². The van der Waals surface area contributed by atoms with Gasteiger partial charge in [0.2, 0.25) is 0 Å². The van der Waals surface area contributed by atoms with Crippen molar-refractivity contribution in [2.24, 2.45) is 0 Å². The highest BCUT2D eigenvalue weighted by Crippen LogP contribution is 2.12. The minimum atomic E-state index is -0.352. The van der Waals surface area contributed by atoms with Crippen LogP contribution in [0.5, 0.6) is 0 Å². The summed E-state index contributed by atoms with van der Waals surface area (Å²) in [5, 5.41) is 0.544. The standard InChI is InChI=1S/C18H15BrN2O3/c19-14-5-3-4-13(10-14)11-24-17(22)8-9-21-12-20-16-7-2-1-6-15(16)18(21)23/h1-7,10,12H,8-9,11H2. The Morgan fingerprint density at radius 3 is 2.83 bits per heavy atom. The first-order chi connectivity index (χ1) is 11.6. The average molecular weight is 387 g/mol. The molecule has 0 unspecified atom stereocenters. The number of carbonyl (C=O) groups excluding carboxylic acids is 1. The van der Waals surface area contributed by atoms with Crippen molar-refractivity contribution >= 4 is 32.8 Å². The summed E-state index contributed by atoms with van der Waals surface area (Å²) < 4.78 is 7.60. The van der Waals surface area contributed by atoms with Crippen molar-refractivity contribution < 1.29 is 9.53 Å². The van der Waals surface area contributed by atoms with E-state index in [1.807, 2.05) is 30.3 Å². The minimum Gasteiger partial charge on any atom is -0.461 e. The number of rotatable bonds is 5. The molecule has 6 heteroatoms. The van der Waals surface area contributed by atoms with Crippen LogP contribution in [0.1, 0.15) is 12.0 Å². The smallest absolute Gasteiger partial charge is 0.307 e. The molecule has 0 atom stereocenters. The number of hydrogen-bond acceptors (Lipinski definition) is 4. The van der Waals surface area contributed by atoms with Gasteiger partial charge in [0.1, 0.15) is 6.61 Å². The number of carbonyl (C=O) groups is 1. The molecular weight excluding hydrogens is 372 g/mol. The fourth-order valence-electron chi connectivity index (χ4n) is 2.34. The van der Waals surface area contributed by atoms with E-state index < -0.39 is 0 Å². The van der Waals surface area contributed by atoms with Crippen LogP contribution in [-0.2, 0) is 22.7 Å². The summed E-state index contributed by atoms with van der Waals surface area (Å²) in [4.78, 5) is 28.4. The third-order valence-corrected chi connectivity index (χ3v) is 4.07. The van der Waals surface area contributed by atoms with Crippen LogP contribution in [0.25, 0.3) is 10.9 Å². The van der Waals surface area contributed by atoms with E-state index in [2.05, 4.69) is 20.9 Å². The maximum Gasteiger partial charge on any atom is 0.307 e. The molecule has 0 aliphatic carbocycles. The zero-order chi connectivity index (χ0) is 16.9. The van der Waals surface area contributed by atoms with Crippen molar-refractivity contribution in [1.82, 2.24) is 9.55 Å². The molecule has 0 bridgehead atoms. The van der Waals surface area contributed by atoms with E-state index in [1.54, 1.807) is 18.2 Å². The van der Waals surface area contributed by atoms with Crippen molar-refractivity contribution in [3.8, 4) is 0 Å². The lowest BCUT2D eigenvalue weighted by molar-refractivity contribution is -0.145. The number of aromatic nitrogens is 2. The number of aryl methyl sites for hydroxylation is 1. The Hall–Kier alpha value is -2.47. The topological polar surface area (TPSA) is 61.2 Å². The molecule has 0 aliphatic rings. The number of esters is 1. The van der Waals surface area contributed by atoms with Crippen LogP contribution < -0.4 is 5.56 Å². The Labute approximate surface area is 147 Å². The zero-order valence-corrected chi connectivity index (χ0v) is 14.4. The second-order valence-electron chi connectivity index (χ2n) is 5.30. The maximum absolute atomic E-state index is 12.3. The van der Waals surface area contributed by atoms with Gasteiger partial charge in [-0.3, -0.25) is 14.2 Å². The van der Waals surface area contributed by atoms with E-state index in [-0.39, 0.29) is 31.1 Å². The van der Waals surface area contributed by atoms with Gasteiger partial charge in [0, 0.05) is 11.0 Å². The van der Waals surface area contributed by atoms with Gasteiger partial charge in [0.05, 0.1) is 23.7 Å². The highest BCUT2D eigenvalue weighted by molar-refractivity contribution is 9.10. The van der Waals surface area contributed by atoms with E-state index in [0.29, 0.717) is 10.9 Å². The molecule has 0 amide bonds. The summed E-state index contributed by atoms with van der Waals surface area (Å²) >= 11 is 3.37. The Bertz CT molecular complexity index is 937. The fraction of sp³-hybridized carbons (Fsp3) is 0.167. The predicted molar refractivity (Wildman–Crippen MR) is 94.6 cm³/mol. The first-order valence-electron chi connectivity index (χ1n) is 7.48. The van der Waals surface area contributed by atoms with Crippen molar-refractivity contribution in [2.45, 2.75) is 19.6 Å². The second-order valence-corrected chi connectivity index (χ2v) is 6.22. The monoisotopic (exact) mass is 386 g/mol. The van der Waals surface area contributed by atoms with Gasteiger partial charge >= 0.3 is 5.97 Å². The van der Waals surface area contributed by atoms with Crippen LogP contribution >= 0.6 is 15.9 Å². The van der Waals surface area contributed by atoms with Crippen LogP contribution in [0.3, 0.4) is 0 Å². The number of halogens is 1. The van der Waals surface area contributed by atoms with Gasteiger partial charge in [-0.05, 0) is 29.8 Å². The molecule has 0 fully saturated rings. The lowest BCUT2D eigenvalue weighted by Crippen LogP contribution is -2.22. The van der Waals surface area contributed by atoms with Crippen LogP contribution in [0.4, 0.5) is 0 Å². The van der Waals surface area contributed by atoms with Gasteiger partial charge in [-0.15, -0.1) is 0 Å². The summed E-state index contributed by atoms with van der Waals surface area (Å²) in [5.41, 5.74) is 1.40. The molecule has 0 saturated carbocycles. The minimum absolute atomic E-state index is 0.119. The highest BCUT2D eigenvalue weighted by atomic mass is 79.9. The molecule has 3 rings (SSSR count). The molecule has 0 saturated heterocycles. The van der Waals surface area contributed by atoms with E-state index >= 15 is 0 Å². The lowest BCUT2D eigenvalue weighted by atomic mass is 10.2. The molecule has 0 spiro atoms. The van der Waals surface area contributed by atoms with Gasteiger partial charge in [0.15, 0.2) is 0 Å². The lowest BCUT2D eigenvalue weighted by Gasteiger charge is -2.07. The number of fused-ring (bicyclic) bond motifs is 1. The second kappa shape index (κ2) is 7.40. The number of ether oxygens (including phenoxy) is 1. The fourth-order valence-corrected chi connectivity index (χ4v) is 2.79. The molecule has 1 aromatic heterocycles. The number of benzene rings is 2. The normalized spacial score (nSPS) is 10.7. The summed E-state index contributed by atoms with van der Waals surface area (Å²) in [7, 11) is 0. The molecule has 24 heavy (non-hydrogen) atoms. The predicted octanol–water partition coefficient (Wildman–Crippen LogP) is 3.29. The number of hydrogen-bond donors (Lipinski definition) is 0. The largest absolute Gasteiger partial charge is 0.461 e. The van der Waals surface area contributed by atoms with Gasteiger partial charge < -0.3 is 4.74 Å². The molecule has 0 radical (unpaired) electrons. The summed E-state index contributed by atoms with van der Waals surface area (Å²) in [6, 6.07) is 14.7. The van der Waals surface area contributed by atoms with Crippen molar-refractivity contribution in [3.05, 3.63) is 75.2 Å². The summed E-state index contributed by atoms with van der Waals surface area (Å²) in [6.07, 6.45) is 1.58. The van der Waals surface area contributed by atoms with Crippen LogP contribution in [-0.4, -0.2) is 15.5 Å². The number of nitrogens with zero attached hydrogens (tertiary/aromatic N) is 2. The Balaban J connectivity index is 1.60. The van der Waals surface area contributed by atoms with E-state index in [1.165, 1.54) is 10.9 Å². The average Bonchev–Trinajstić information content (AvgIpc) is 2.60. The third kappa shape index (κ3) is 3.89. The van der Waals surface area contributed by atoms with E-state index in [0.717, 1.165) is 10.0 Å². The van der Waals surface area contributed by atoms with Gasteiger partial charge in [0.25, 0.3) is 5.56 Å². The Morgan fingerprint density at radius 1 is 1.17 bits per heavy atom. The molecule has 5 nitrogen and oxygen atoms in total. The SMILES string of the molecule is O=C(CCn1cnc2ccccc2c1=O)OCc1cccc(Br)c1. The molecule has 0 N–H and O–H groups in total. The molecule has 0 aliphatic heterocycles. The van der Waals surface area contributed by atoms with Crippen molar-refractivity contribution in [3.63, 3.8) is 0 Å². The highest BCUT2D eigenvalue weighted by Gasteiger charge is 2.07. The molecule has 2 aromatic carbocycles. The number of para-hydroxylation sites is 1. The van der Waals surface area contributed by atoms with Crippen LogP contribution in [0.15, 0.2) is 64.1 Å². The van der Waals surface area contributed by atoms with Crippen molar-refractivity contribution in [2.75, 3.05) is 0 Å². The first-order valence-corrected chi connectivity index (χ1v) is 8.27. The van der Waals surface area contributed by atoms with Gasteiger partial charge in [-0.25, -0.2) is 4.98 Å². The third-order valence-electron chi connectivity index (χ3n) is 3.58. The van der Waals surface area contributed by atoms with E-state index in [9.17, 15) is 9.59 Å². The maximum atomic E-state index is 12.3. The molecule has 1 heterocycles. The Kier molecular flexibility index (Phi) is 5.05. The van der Waals surface area contributed by atoms with E-state index in [4.69, 9.17) is 4.74 Å². The molecular formula is C18H15BrN2O3.